The van der Waals surface area contributed by atoms with E-state index in [1.54, 1.807) is 24.3 Å². The molecule has 0 spiro atoms. The lowest BCUT2D eigenvalue weighted by Gasteiger charge is -2.34. The smallest absolute Gasteiger partial charge is 0.182 e. The van der Waals surface area contributed by atoms with Crippen molar-refractivity contribution in [3.8, 4) is 0 Å². The summed E-state index contributed by atoms with van der Waals surface area (Å²) in [7, 11) is -3.31. The van der Waals surface area contributed by atoms with E-state index >= 15 is 0 Å². The minimum absolute atomic E-state index is 0.198. The van der Waals surface area contributed by atoms with Gasteiger partial charge in [0.05, 0.1) is 10.1 Å². The predicted octanol–water partition coefficient (Wildman–Crippen LogP) is 2.61. The molecule has 1 saturated carbocycles. The summed E-state index contributed by atoms with van der Waals surface area (Å²) in [5.74, 6) is 0.643. The van der Waals surface area contributed by atoms with E-state index in [9.17, 15) is 8.42 Å². The quantitative estimate of drug-likeness (QED) is 0.923. The zero-order valence-corrected chi connectivity index (χ0v) is 12.3. The van der Waals surface area contributed by atoms with Gasteiger partial charge in [0.1, 0.15) is 0 Å². The fourth-order valence-electron chi connectivity index (χ4n) is 3.21. The Morgan fingerprint density at radius 3 is 2.42 bits per heavy atom. The van der Waals surface area contributed by atoms with E-state index in [1.807, 2.05) is 6.07 Å². The van der Waals surface area contributed by atoms with Crippen molar-refractivity contribution in [3.63, 3.8) is 0 Å². The van der Waals surface area contributed by atoms with Crippen LogP contribution in [-0.4, -0.2) is 20.2 Å². The van der Waals surface area contributed by atoms with Crippen molar-refractivity contribution in [2.45, 2.75) is 42.8 Å². The lowest BCUT2D eigenvalue weighted by Crippen LogP contribution is -2.41. The van der Waals surface area contributed by atoms with Gasteiger partial charge in [-0.05, 0) is 30.4 Å². The highest BCUT2D eigenvalue weighted by Gasteiger charge is 2.37. The molecule has 0 radical (unpaired) electrons. The molecule has 3 nitrogen and oxygen atoms in total. The lowest BCUT2D eigenvalue weighted by atomic mass is 9.78. The first-order chi connectivity index (χ1) is 9.07. The molecule has 0 saturated heterocycles. The monoisotopic (exact) mass is 281 g/mol. The SMILES string of the molecule is CC1CCCCC1C(CN)S(=O)(=O)c1ccccc1. The first kappa shape index (κ1) is 14.5. The van der Waals surface area contributed by atoms with Gasteiger partial charge in [0.2, 0.25) is 0 Å². The number of hydrogen-bond acceptors (Lipinski definition) is 3. The van der Waals surface area contributed by atoms with Crippen molar-refractivity contribution in [1.82, 2.24) is 0 Å². The van der Waals surface area contributed by atoms with Gasteiger partial charge in [-0.25, -0.2) is 8.42 Å². The number of rotatable bonds is 4. The van der Waals surface area contributed by atoms with Crippen LogP contribution < -0.4 is 5.73 Å². The van der Waals surface area contributed by atoms with E-state index in [-0.39, 0.29) is 12.5 Å². The topological polar surface area (TPSA) is 60.2 Å². The van der Waals surface area contributed by atoms with E-state index in [2.05, 4.69) is 6.92 Å². The molecule has 0 heterocycles. The molecule has 1 fully saturated rings. The van der Waals surface area contributed by atoms with Gasteiger partial charge < -0.3 is 5.73 Å². The summed E-state index contributed by atoms with van der Waals surface area (Å²) in [5, 5.41) is -0.440. The summed E-state index contributed by atoms with van der Waals surface area (Å²) >= 11 is 0. The van der Waals surface area contributed by atoms with Crippen LogP contribution in [0.3, 0.4) is 0 Å². The van der Waals surface area contributed by atoms with E-state index in [4.69, 9.17) is 5.73 Å². The fourth-order valence-corrected chi connectivity index (χ4v) is 5.22. The molecule has 3 unspecified atom stereocenters. The van der Waals surface area contributed by atoms with Gasteiger partial charge in [0.25, 0.3) is 0 Å². The summed E-state index contributed by atoms with van der Waals surface area (Å²) in [6, 6.07) is 8.71. The Kier molecular flexibility index (Phi) is 4.63. The Bertz CT molecular complexity index is 498. The summed E-state index contributed by atoms with van der Waals surface area (Å²) in [5.41, 5.74) is 5.81. The molecule has 1 aliphatic carbocycles. The van der Waals surface area contributed by atoms with Crippen LogP contribution >= 0.6 is 0 Å². The summed E-state index contributed by atoms with van der Waals surface area (Å²) in [6.07, 6.45) is 4.43. The second kappa shape index (κ2) is 6.06. The minimum atomic E-state index is -3.31. The van der Waals surface area contributed by atoms with E-state index in [1.165, 1.54) is 6.42 Å². The van der Waals surface area contributed by atoms with Crippen LogP contribution in [0, 0.1) is 11.8 Å². The first-order valence-electron chi connectivity index (χ1n) is 7.06. The van der Waals surface area contributed by atoms with Crippen molar-refractivity contribution >= 4 is 9.84 Å². The Labute approximate surface area is 116 Å². The molecule has 1 aromatic carbocycles. The maximum atomic E-state index is 12.7. The maximum Gasteiger partial charge on any atom is 0.182 e. The minimum Gasteiger partial charge on any atom is -0.329 e. The van der Waals surface area contributed by atoms with Crippen LogP contribution in [0.15, 0.2) is 35.2 Å². The highest BCUT2D eigenvalue weighted by molar-refractivity contribution is 7.92. The van der Waals surface area contributed by atoms with Gasteiger partial charge in [-0.3, -0.25) is 0 Å². The molecule has 106 valence electrons. The number of benzene rings is 1. The summed E-state index contributed by atoms with van der Waals surface area (Å²) in [4.78, 5) is 0.406. The second-order valence-corrected chi connectivity index (χ2v) is 7.72. The third-order valence-electron chi connectivity index (χ3n) is 4.36. The first-order valence-corrected chi connectivity index (χ1v) is 8.61. The third kappa shape index (κ3) is 3.00. The number of sulfone groups is 1. The molecular weight excluding hydrogens is 258 g/mol. The molecule has 0 amide bonds. The zero-order chi connectivity index (χ0) is 13.9. The molecule has 0 aliphatic heterocycles. The predicted molar refractivity (Wildman–Crippen MR) is 77.6 cm³/mol. The highest BCUT2D eigenvalue weighted by atomic mass is 32.2. The van der Waals surface area contributed by atoms with Crippen LogP contribution in [0.5, 0.6) is 0 Å². The lowest BCUT2D eigenvalue weighted by molar-refractivity contribution is 0.246. The molecule has 2 N–H and O–H groups in total. The van der Waals surface area contributed by atoms with E-state index < -0.39 is 15.1 Å². The fraction of sp³-hybridized carbons (Fsp3) is 0.600. The van der Waals surface area contributed by atoms with Crippen LogP contribution in [0.1, 0.15) is 32.6 Å². The van der Waals surface area contributed by atoms with Gasteiger partial charge in [-0.2, -0.15) is 0 Å². The Morgan fingerprint density at radius 2 is 1.84 bits per heavy atom. The number of hydrogen-bond donors (Lipinski definition) is 1. The van der Waals surface area contributed by atoms with Gasteiger partial charge in [-0.1, -0.05) is 44.4 Å². The van der Waals surface area contributed by atoms with Gasteiger partial charge >= 0.3 is 0 Å². The Hall–Kier alpha value is -0.870. The van der Waals surface area contributed by atoms with Crippen LogP contribution in [0.25, 0.3) is 0 Å². The molecule has 4 heteroatoms. The van der Waals surface area contributed by atoms with Gasteiger partial charge in [0.15, 0.2) is 9.84 Å². The standard InChI is InChI=1S/C15H23NO2S/c1-12-7-5-6-10-14(12)15(11-16)19(17,18)13-8-3-2-4-9-13/h2-4,8-9,12,14-15H,5-7,10-11,16H2,1H3. The Morgan fingerprint density at radius 1 is 1.21 bits per heavy atom. The summed E-state index contributed by atoms with van der Waals surface area (Å²) in [6.45, 7) is 2.37. The molecule has 3 atom stereocenters. The maximum absolute atomic E-state index is 12.7. The molecular formula is C15H23NO2S. The van der Waals surface area contributed by atoms with Crippen LogP contribution in [0.2, 0.25) is 0 Å². The van der Waals surface area contributed by atoms with Crippen molar-refractivity contribution in [2.75, 3.05) is 6.54 Å². The van der Waals surface area contributed by atoms with Crippen molar-refractivity contribution in [3.05, 3.63) is 30.3 Å². The van der Waals surface area contributed by atoms with Gasteiger partial charge in [0, 0.05) is 6.54 Å². The molecule has 0 aromatic heterocycles. The largest absolute Gasteiger partial charge is 0.329 e. The Balaban J connectivity index is 2.31. The molecule has 1 aromatic rings. The second-order valence-electron chi connectivity index (χ2n) is 5.56. The molecule has 2 rings (SSSR count). The van der Waals surface area contributed by atoms with Crippen LogP contribution in [-0.2, 0) is 9.84 Å². The normalized spacial score (nSPS) is 26.0. The average molecular weight is 281 g/mol. The molecule has 1 aliphatic rings. The van der Waals surface area contributed by atoms with Crippen LogP contribution in [0.4, 0.5) is 0 Å². The number of nitrogens with two attached hydrogens (primary N) is 1. The van der Waals surface area contributed by atoms with Crippen molar-refractivity contribution in [2.24, 2.45) is 17.6 Å². The molecule has 0 bridgehead atoms. The van der Waals surface area contributed by atoms with Gasteiger partial charge in [-0.15, -0.1) is 0 Å². The van der Waals surface area contributed by atoms with Crippen molar-refractivity contribution < 1.29 is 8.42 Å². The van der Waals surface area contributed by atoms with E-state index in [0.29, 0.717) is 10.8 Å². The zero-order valence-electron chi connectivity index (χ0n) is 11.5. The summed E-state index contributed by atoms with van der Waals surface area (Å²) < 4.78 is 25.5. The van der Waals surface area contributed by atoms with E-state index in [0.717, 1.165) is 19.3 Å². The highest BCUT2D eigenvalue weighted by Crippen LogP contribution is 2.36. The third-order valence-corrected chi connectivity index (χ3v) is 6.63. The average Bonchev–Trinajstić information content (AvgIpc) is 2.42. The molecule has 19 heavy (non-hydrogen) atoms. The van der Waals surface area contributed by atoms with Crippen molar-refractivity contribution in [1.29, 1.82) is 0 Å².